The molecular formula is C13H14. The molecule has 13 heavy (non-hydrogen) atoms. The summed E-state index contributed by atoms with van der Waals surface area (Å²) in [5.41, 5.74) is 6.37. The molecule has 0 spiro atoms. The Morgan fingerprint density at radius 3 is 2.54 bits per heavy atom. The lowest BCUT2D eigenvalue weighted by molar-refractivity contribution is 1.05. The predicted molar refractivity (Wildman–Crippen MR) is 54.3 cm³/mol. The molecule has 0 nitrogen and oxygen atoms in total. The molecule has 0 atom stereocenters. The third-order valence-electron chi connectivity index (χ3n) is 3.04. The van der Waals surface area contributed by atoms with Gasteiger partial charge in [0.15, 0.2) is 0 Å². The molecule has 0 bridgehead atoms. The van der Waals surface area contributed by atoms with Crippen LogP contribution in [0.4, 0.5) is 0 Å². The maximum Gasteiger partial charge on any atom is -0.00293 e. The summed E-state index contributed by atoms with van der Waals surface area (Å²) in [4.78, 5) is 0. The zero-order chi connectivity index (χ0) is 8.67. The van der Waals surface area contributed by atoms with Crippen LogP contribution >= 0.6 is 0 Å². The molecule has 2 saturated carbocycles. The Morgan fingerprint density at radius 1 is 1.08 bits per heavy atom. The van der Waals surface area contributed by atoms with Crippen LogP contribution in [-0.2, 0) is 0 Å². The van der Waals surface area contributed by atoms with Crippen LogP contribution in [-0.4, -0.2) is 0 Å². The van der Waals surface area contributed by atoms with E-state index in [0.29, 0.717) is 0 Å². The topological polar surface area (TPSA) is 0 Å². The number of rotatable bonds is 2. The SMILES string of the molecule is C1=CC(C2CC2)=CC=CC=1C1CC1. The Morgan fingerprint density at radius 2 is 1.85 bits per heavy atom. The summed E-state index contributed by atoms with van der Waals surface area (Å²) in [6.45, 7) is 0. The van der Waals surface area contributed by atoms with E-state index in [2.05, 4.69) is 30.0 Å². The highest BCUT2D eigenvalue weighted by molar-refractivity contribution is 5.38. The van der Waals surface area contributed by atoms with E-state index in [0.717, 1.165) is 11.8 Å². The molecule has 66 valence electrons. The summed E-state index contributed by atoms with van der Waals surface area (Å²) in [6, 6.07) is 0. The molecule has 0 radical (unpaired) electrons. The fourth-order valence-corrected chi connectivity index (χ4v) is 1.84. The van der Waals surface area contributed by atoms with Gasteiger partial charge in [0.2, 0.25) is 0 Å². The van der Waals surface area contributed by atoms with Crippen LogP contribution in [0.5, 0.6) is 0 Å². The molecule has 0 aromatic carbocycles. The van der Waals surface area contributed by atoms with Gasteiger partial charge < -0.3 is 0 Å². The molecule has 3 aliphatic rings. The second kappa shape index (κ2) is 2.75. The molecule has 3 rings (SSSR count). The zero-order valence-electron chi connectivity index (χ0n) is 7.79. The summed E-state index contributed by atoms with van der Waals surface area (Å²) in [5.74, 6) is 1.69. The highest BCUT2D eigenvalue weighted by Crippen LogP contribution is 2.40. The first kappa shape index (κ1) is 7.41. The van der Waals surface area contributed by atoms with Crippen molar-refractivity contribution in [3.63, 3.8) is 0 Å². The lowest BCUT2D eigenvalue weighted by atomic mass is 10.1. The van der Waals surface area contributed by atoms with E-state index in [1.165, 1.54) is 36.8 Å². The third kappa shape index (κ3) is 1.55. The molecule has 0 aromatic heterocycles. The summed E-state index contributed by atoms with van der Waals surface area (Å²) >= 11 is 0. The number of allylic oxidation sites excluding steroid dienone is 5. The maximum absolute atomic E-state index is 3.45. The highest BCUT2D eigenvalue weighted by atomic mass is 14.3. The van der Waals surface area contributed by atoms with Gasteiger partial charge in [0.25, 0.3) is 0 Å². The normalized spacial score (nSPS) is 26.8. The summed E-state index contributed by atoms with van der Waals surface area (Å²) in [5, 5.41) is 0. The van der Waals surface area contributed by atoms with E-state index in [1.807, 2.05) is 0 Å². The average Bonchev–Trinajstić information content (AvgIpc) is 3.02. The largest absolute Gasteiger partial charge is 0.117 e. The fourth-order valence-electron chi connectivity index (χ4n) is 1.84. The summed E-state index contributed by atoms with van der Waals surface area (Å²) < 4.78 is 0. The minimum Gasteiger partial charge on any atom is -0.117 e. The van der Waals surface area contributed by atoms with Crippen LogP contribution in [0.2, 0.25) is 0 Å². The van der Waals surface area contributed by atoms with E-state index in [4.69, 9.17) is 0 Å². The standard InChI is InChI=1S/C13H14/c1-2-10(12-6-7-12)4-5-11(3-1)13-8-9-13/h1-4,12-13H,6-9H2. The maximum atomic E-state index is 3.45. The molecule has 0 heterocycles. The van der Waals surface area contributed by atoms with Crippen molar-refractivity contribution in [2.24, 2.45) is 11.8 Å². The van der Waals surface area contributed by atoms with Crippen LogP contribution in [0, 0.1) is 11.8 Å². The Hall–Kier alpha value is -1.00. The van der Waals surface area contributed by atoms with Gasteiger partial charge in [-0.1, -0.05) is 18.2 Å². The van der Waals surface area contributed by atoms with Gasteiger partial charge in [-0.05, 0) is 54.7 Å². The molecule has 0 N–H and O–H groups in total. The van der Waals surface area contributed by atoms with E-state index in [1.54, 1.807) is 0 Å². The van der Waals surface area contributed by atoms with E-state index in [-0.39, 0.29) is 0 Å². The molecule has 3 aliphatic carbocycles. The van der Waals surface area contributed by atoms with Crippen molar-refractivity contribution in [1.29, 1.82) is 0 Å². The second-order valence-electron chi connectivity index (χ2n) is 4.32. The van der Waals surface area contributed by atoms with E-state index >= 15 is 0 Å². The van der Waals surface area contributed by atoms with Crippen molar-refractivity contribution >= 4 is 0 Å². The Bertz CT molecular complexity index is 340. The molecule has 2 fully saturated rings. The molecular weight excluding hydrogens is 156 g/mol. The van der Waals surface area contributed by atoms with Crippen LogP contribution in [0.25, 0.3) is 0 Å². The second-order valence-corrected chi connectivity index (χ2v) is 4.32. The van der Waals surface area contributed by atoms with Gasteiger partial charge in [-0.3, -0.25) is 0 Å². The van der Waals surface area contributed by atoms with Crippen LogP contribution in [0.15, 0.2) is 41.2 Å². The lowest BCUT2D eigenvalue weighted by Gasteiger charge is -1.91. The van der Waals surface area contributed by atoms with Crippen LogP contribution in [0.3, 0.4) is 0 Å². The quantitative estimate of drug-likeness (QED) is 0.557. The van der Waals surface area contributed by atoms with Gasteiger partial charge in [-0.15, -0.1) is 5.73 Å². The lowest BCUT2D eigenvalue weighted by Crippen LogP contribution is -1.77. The van der Waals surface area contributed by atoms with Crippen LogP contribution in [0.1, 0.15) is 25.7 Å². The number of hydrogen-bond donors (Lipinski definition) is 0. The minimum atomic E-state index is 0.833. The van der Waals surface area contributed by atoms with Gasteiger partial charge in [-0.25, -0.2) is 0 Å². The monoisotopic (exact) mass is 170 g/mol. The highest BCUT2D eigenvalue weighted by Gasteiger charge is 2.26. The van der Waals surface area contributed by atoms with Gasteiger partial charge in [0, 0.05) is 0 Å². The zero-order valence-corrected chi connectivity index (χ0v) is 7.79. The first-order valence-corrected chi connectivity index (χ1v) is 5.28. The van der Waals surface area contributed by atoms with Crippen molar-refractivity contribution in [3.8, 4) is 0 Å². The third-order valence-corrected chi connectivity index (χ3v) is 3.04. The van der Waals surface area contributed by atoms with Gasteiger partial charge >= 0.3 is 0 Å². The minimum absolute atomic E-state index is 0.833. The van der Waals surface area contributed by atoms with Crippen molar-refractivity contribution < 1.29 is 0 Å². The van der Waals surface area contributed by atoms with Crippen molar-refractivity contribution in [2.45, 2.75) is 25.7 Å². The van der Waals surface area contributed by atoms with Crippen LogP contribution < -0.4 is 0 Å². The smallest absolute Gasteiger partial charge is 0.00293 e. The van der Waals surface area contributed by atoms with Gasteiger partial charge in [0.05, 0.1) is 0 Å². The molecule has 0 aromatic rings. The average molecular weight is 170 g/mol. The van der Waals surface area contributed by atoms with Gasteiger partial charge in [0.1, 0.15) is 0 Å². The van der Waals surface area contributed by atoms with Crippen molar-refractivity contribution in [2.75, 3.05) is 0 Å². The summed E-state index contributed by atoms with van der Waals surface area (Å²) in [6.07, 6.45) is 14.4. The van der Waals surface area contributed by atoms with Crippen molar-refractivity contribution in [3.05, 3.63) is 41.2 Å². The first-order chi connectivity index (χ1) is 6.43. The first-order valence-electron chi connectivity index (χ1n) is 5.28. The molecule has 0 aliphatic heterocycles. The van der Waals surface area contributed by atoms with Gasteiger partial charge in [-0.2, -0.15) is 0 Å². The molecule has 0 heteroatoms. The fraction of sp³-hybridized carbons (Fsp3) is 0.462. The summed E-state index contributed by atoms with van der Waals surface area (Å²) in [7, 11) is 0. The Labute approximate surface area is 79.3 Å². The van der Waals surface area contributed by atoms with Crippen molar-refractivity contribution in [1.82, 2.24) is 0 Å². The predicted octanol–water partition coefficient (Wildman–Crippen LogP) is 3.38. The molecule has 0 unspecified atom stereocenters. The Kier molecular flexibility index (Phi) is 1.57. The Balaban J connectivity index is 1.88. The van der Waals surface area contributed by atoms with E-state index < -0.39 is 0 Å². The number of hydrogen-bond acceptors (Lipinski definition) is 0. The molecule has 0 amide bonds. The van der Waals surface area contributed by atoms with E-state index in [9.17, 15) is 0 Å². The molecule has 0 saturated heterocycles.